The predicted molar refractivity (Wildman–Crippen MR) is 158 cm³/mol. The van der Waals surface area contributed by atoms with Crippen LogP contribution in [0.3, 0.4) is 0 Å². The second kappa shape index (κ2) is 12.1. The van der Waals surface area contributed by atoms with Crippen LogP contribution in [-0.4, -0.2) is 92.3 Å². The highest BCUT2D eigenvalue weighted by atomic mass is 19.1. The molecule has 1 saturated heterocycles. The summed E-state index contributed by atoms with van der Waals surface area (Å²) in [7, 11) is 6.82. The normalized spacial score (nSPS) is 23.3. The number of methoxy groups -OCH3 is 1. The van der Waals surface area contributed by atoms with Crippen molar-refractivity contribution in [3.8, 4) is 5.75 Å². The van der Waals surface area contributed by atoms with E-state index in [-0.39, 0.29) is 30.4 Å². The molecule has 41 heavy (non-hydrogen) atoms. The lowest BCUT2D eigenvalue weighted by molar-refractivity contribution is 0.0916. The van der Waals surface area contributed by atoms with Crippen LogP contribution in [0, 0.1) is 0 Å². The Morgan fingerprint density at radius 2 is 1.88 bits per heavy atom. The minimum absolute atomic E-state index is 0.0953. The van der Waals surface area contributed by atoms with Gasteiger partial charge in [-0.05, 0) is 70.9 Å². The second-order valence-corrected chi connectivity index (χ2v) is 11.4. The molecule has 12 heteroatoms. The summed E-state index contributed by atoms with van der Waals surface area (Å²) in [5.41, 5.74) is 0.0204. The molecular formula is C29H41FN8O3. The molecule has 1 atom stereocenters. The minimum Gasteiger partial charge on any atom is -0.495 e. The van der Waals surface area contributed by atoms with Crippen LogP contribution in [0.1, 0.15) is 55.8 Å². The highest BCUT2D eigenvalue weighted by Crippen LogP contribution is 2.40. The third kappa shape index (κ3) is 6.17. The number of hydrogen-bond donors (Lipinski definition) is 2. The molecule has 0 radical (unpaired) electrons. The maximum atomic E-state index is 16.1. The Bertz CT molecular complexity index is 1270. The molecule has 3 heterocycles. The van der Waals surface area contributed by atoms with Gasteiger partial charge < -0.3 is 34.9 Å². The van der Waals surface area contributed by atoms with Crippen LogP contribution in [0.2, 0.25) is 0 Å². The van der Waals surface area contributed by atoms with Crippen molar-refractivity contribution in [1.82, 2.24) is 20.2 Å². The molecular weight excluding hydrogens is 527 g/mol. The number of oxime groups is 1. The number of anilines is 4. The van der Waals surface area contributed by atoms with Crippen molar-refractivity contribution in [2.24, 2.45) is 5.16 Å². The fourth-order valence-electron chi connectivity index (χ4n) is 6.04. The number of hydrogen-bond acceptors (Lipinski definition) is 9. The lowest BCUT2D eigenvalue weighted by atomic mass is 10.0. The number of alkyl halides is 1. The van der Waals surface area contributed by atoms with E-state index in [9.17, 15) is 4.79 Å². The zero-order valence-corrected chi connectivity index (χ0v) is 24.6. The number of piperidine rings is 1. The van der Waals surface area contributed by atoms with E-state index in [2.05, 4.69) is 37.6 Å². The van der Waals surface area contributed by atoms with Crippen LogP contribution >= 0.6 is 0 Å². The summed E-state index contributed by atoms with van der Waals surface area (Å²) < 4.78 is 21.7. The van der Waals surface area contributed by atoms with Gasteiger partial charge in [-0.15, -0.1) is 0 Å². The molecule has 1 saturated carbocycles. The topological polar surface area (TPSA) is 107 Å². The first-order valence-corrected chi connectivity index (χ1v) is 14.3. The van der Waals surface area contributed by atoms with Gasteiger partial charge >= 0.3 is 0 Å². The Morgan fingerprint density at radius 1 is 1.15 bits per heavy atom. The number of amides is 1. The summed E-state index contributed by atoms with van der Waals surface area (Å²) in [6, 6.07) is 5.60. The van der Waals surface area contributed by atoms with Crippen LogP contribution in [0.4, 0.5) is 27.5 Å². The maximum Gasteiger partial charge on any atom is 0.251 e. The van der Waals surface area contributed by atoms with E-state index in [1.807, 2.05) is 0 Å². The fraction of sp³-hybridized carbons (Fsp3) is 0.586. The number of amidine groups is 1. The summed E-state index contributed by atoms with van der Waals surface area (Å²) in [5.74, 6) is 1.52. The first-order chi connectivity index (χ1) is 19.7. The number of likely N-dealkylation sites (tertiary alicyclic amines) is 1. The molecule has 0 spiro atoms. The molecule has 2 aromatic rings. The Labute approximate surface area is 241 Å². The van der Waals surface area contributed by atoms with Gasteiger partial charge in [-0.25, -0.2) is 9.37 Å². The van der Waals surface area contributed by atoms with Crippen molar-refractivity contribution in [2.45, 2.75) is 63.2 Å². The highest BCUT2D eigenvalue weighted by Gasteiger charge is 2.44. The molecule has 1 aromatic carbocycles. The third-order valence-corrected chi connectivity index (χ3v) is 8.34. The molecule has 2 fully saturated rings. The maximum absolute atomic E-state index is 16.1. The fourth-order valence-corrected chi connectivity index (χ4v) is 6.04. The molecule has 3 aliphatic rings. The zero-order chi connectivity index (χ0) is 29.1. The smallest absolute Gasteiger partial charge is 0.251 e. The molecule has 1 aromatic heterocycles. The van der Waals surface area contributed by atoms with Crippen LogP contribution in [-0.2, 0) is 4.84 Å². The first-order valence-electron chi connectivity index (χ1n) is 14.3. The lowest BCUT2D eigenvalue weighted by Gasteiger charge is -2.32. The van der Waals surface area contributed by atoms with Gasteiger partial charge in [0.1, 0.15) is 18.5 Å². The number of nitrogens with zero attached hydrogens (tertiary/aromatic N) is 6. The number of fused-ring (bicyclic) bond motifs is 1. The minimum atomic E-state index is -1.77. The monoisotopic (exact) mass is 568 g/mol. The molecule has 222 valence electrons. The van der Waals surface area contributed by atoms with Crippen molar-refractivity contribution in [1.29, 1.82) is 0 Å². The molecule has 2 aliphatic heterocycles. The van der Waals surface area contributed by atoms with Gasteiger partial charge in [0.05, 0.1) is 25.5 Å². The molecule has 1 unspecified atom stereocenters. The van der Waals surface area contributed by atoms with Gasteiger partial charge in [-0.3, -0.25) is 4.79 Å². The van der Waals surface area contributed by atoms with Crippen LogP contribution in [0.15, 0.2) is 29.6 Å². The van der Waals surface area contributed by atoms with Crippen LogP contribution in [0.25, 0.3) is 0 Å². The molecule has 5 rings (SSSR count). The van der Waals surface area contributed by atoms with Gasteiger partial charge in [-0.2, -0.15) is 4.98 Å². The number of halogens is 1. The van der Waals surface area contributed by atoms with E-state index in [1.54, 1.807) is 43.5 Å². The number of nitrogens with one attached hydrogen (secondary N) is 2. The lowest BCUT2D eigenvalue weighted by Crippen LogP contribution is -2.49. The summed E-state index contributed by atoms with van der Waals surface area (Å²) in [5, 5.41) is 10.4. The van der Waals surface area contributed by atoms with Crippen molar-refractivity contribution in [3.05, 3.63) is 30.0 Å². The molecule has 1 aliphatic carbocycles. The van der Waals surface area contributed by atoms with E-state index in [0.717, 1.165) is 51.6 Å². The first kappa shape index (κ1) is 28.8. The van der Waals surface area contributed by atoms with E-state index >= 15 is 4.39 Å². The molecule has 11 nitrogen and oxygen atoms in total. The summed E-state index contributed by atoms with van der Waals surface area (Å²) in [6.07, 6.45) is 7.67. The van der Waals surface area contributed by atoms with E-state index in [1.165, 1.54) is 14.0 Å². The van der Waals surface area contributed by atoms with Crippen LogP contribution in [0.5, 0.6) is 5.75 Å². The van der Waals surface area contributed by atoms with Gasteiger partial charge in [0.25, 0.3) is 5.91 Å². The predicted octanol–water partition coefficient (Wildman–Crippen LogP) is 3.94. The Hall–Kier alpha value is -3.67. The summed E-state index contributed by atoms with van der Waals surface area (Å²) in [4.78, 5) is 33.4. The quantitative estimate of drug-likeness (QED) is 0.480. The van der Waals surface area contributed by atoms with Crippen molar-refractivity contribution < 1.29 is 18.8 Å². The number of carbonyl (C=O) groups is 1. The third-order valence-electron chi connectivity index (χ3n) is 8.34. The molecule has 0 bridgehead atoms. The standard InChI is InChI=1S/C29H41FN8O3/c1-29(30)18-38(21-8-6-7-9-21)25-23(37(3)27(29)35-41-5)17-31-28(34-25)33-22-11-10-19(16-24(22)40-4)26(39)32-20-12-14-36(2)15-13-20/h10-11,16-17,20-21H,6-9,12-15,18H2,1-5H3,(H,32,39)(H,31,33,34)/b35-27+. The Balaban J connectivity index is 1.41. The average Bonchev–Trinajstić information content (AvgIpc) is 3.48. The molecule has 2 N–H and O–H groups in total. The van der Waals surface area contributed by atoms with Crippen LogP contribution < -0.4 is 25.2 Å². The van der Waals surface area contributed by atoms with E-state index < -0.39 is 5.67 Å². The largest absolute Gasteiger partial charge is 0.495 e. The van der Waals surface area contributed by atoms with E-state index in [4.69, 9.17) is 14.6 Å². The second-order valence-electron chi connectivity index (χ2n) is 11.4. The SMILES string of the molecule is CO/N=C1/N(C)c2cnc(Nc3ccc(C(=O)NC4CCN(C)CC4)cc3OC)nc2N(C2CCCC2)CC1(C)F. The average molecular weight is 569 g/mol. The van der Waals surface area contributed by atoms with Crippen molar-refractivity contribution >= 4 is 34.9 Å². The number of ether oxygens (including phenoxy) is 1. The highest BCUT2D eigenvalue weighted by molar-refractivity contribution is 6.06. The Kier molecular flexibility index (Phi) is 8.48. The number of rotatable bonds is 7. The van der Waals surface area contributed by atoms with Gasteiger partial charge in [0.2, 0.25) is 5.95 Å². The van der Waals surface area contributed by atoms with E-state index in [0.29, 0.717) is 34.5 Å². The number of aromatic nitrogens is 2. The van der Waals surface area contributed by atoms with Gasteiger partial charge in [0.15, 0.2) is 17.3 Å². The molecule has 1 amide bonds. The van der Waals surface area contributed by atoms with Crippen molar-refractivity contribution in [2.75, 3.05) is 63.1 Å². The Morgan fingerprint density at radius 3 is 2.56 bits per heavy atom. The zero-order valence-electron chi connectivity index (χ0n) is 24.6. The van der Waals surface area contributed by atoms with Gasteiger partial charge in [-0.1, -0.05) is 18.0 Å². The number of carbonyl (C=O) groups excluding carboxylic acids is 1. The van der Waals surface area contributed by atoms with Gasteiger partial charge in [0, 0.05) is 24.7 Å². The summed E-state index contributed by atoms with van der Waals surface area (Å²) in [6.45, 7) is 3.56. The van der Waals surface area contributed by atoms with Crippen molar-refractivity contribution in [3.63, 3.8) is 0 Å². The summed E-state index contributed by atoms with van der Waals surface area (Å²) >= 11 is 0. The number of benzene rings is 1.